The molecule has 1 N–H and O–H groups in total. The van der Waals surface area contributed by atoms with Gasteiger partial charge in [-0.3, -0.25) is 4.79 Å². The Balaban J connectivity index is 1.60. The molecule has 166 valence electrons. The zero-order valence-electron chi connectivity index (χ0n) is 19.8. The molecule has 0 bridgehead atoms. The van der Waals surface area contributed by atoms with Crippen molar-refractivity contribution >= 4 is 22.5 Å². The number of nitrogens with one attached hydrogen (secondary N) is 1. The average Bonchev–Trinajstić information content (AvgIpc) is 2.78. The topological polar surface area (TPSA) is 54.4 Å². The molecule has 4 rings (SSSR count). The van der Waals surface area contributed by atoms with Gasteiger partial charge in [-0.05, 0) is 80.2 Å². The van der Waals surface area contributed by atoms with Crippen molar-refractivity contribution in [2.24, 2.45) is 16.4 Å². The first-order valence-corrected chi connectivity index (χ1v) is 11.6. The van der Waals surface area contributed by atoms with E-state index >= 15 is 0 Å². The molecule has 0 spiro atoms. The van der Waals surface area contributed by atoms with Crippen molar-refractivity contribution in [3.05, 3.63) is 65.2 Å². The van der Waals surface area contributed by atoms with Crippen molar-refractivity contribution in [3.63, 3.8) is 0 Å². The van der Waals surface area contributed by atoms with Crippen LogP contribution in [0.5, 0.6) is 0 Å². The minimum Gasteiger partial charge on any atom is -0.267 e. The predicted molar refractivity (Wildman–Crippen MR) is 133 cm³/mol. The summed E-state index contributed by atoms with van der Waals surface area (Å²) in [7, 11) is 0. The second-order valence-electron chi connectivity index (χ2n) is 10.1. The van der Waals surface area contributed by atoms with E-state index in [0.717, 1.165) is 53.6 Å². The molecule has 2 aromatic carbocycles. The fourth-order valence-corrected chi connectivity index (χ4v) is 4.53. The highest BCUT2D eigenvalue weighted by Gasteiger charge is 2.28. The van der Waals surface area contributed by atoms with Crippen LogP contribution in [0.15, 0.2) is 53.6 Å². The van der Waals surface area contributed by atoms with Gasteiger partial charge in [-0.25, -0.2) is 10.4 Å². The Morgan fingerprint density at radius 2 is 1.72 bits per heavy atom. The van der Waals surface area contributed by atoms with Crippen molar-refractivity contribution in [2.75, 3.05) is 0 Å². The maximum Gasteiger partial charge on any atom is 0.272 e. The Hall–Kier alpha value is -3.01. The van der Waals surface area contributed by atoms with Crippen LogP contribution < -0.4 is 5.43 Å². The van der Waals surface area contributed by atoms with Crippen LogP contribution in [0.3, 0.4) is 0 Å². The number of aryl methyl sites for hydroxylation is 2. The minimum atomic E-state index is -0.181. The van der Waals surface area contributed by atoms with Crippen LogP contribution in [0.25, 0.3) is 22.2 Å². The minimum absolute atomic E-state index is 0.181. The first-order valence-electron chi connectivity index (χ1n) is 11.6. The molecular formula is C28H33N3O. The Labute approximate surface area is 191 Å². The lowest BCUT2D eigenvalue weighted by Gasteiger charge is -2.34. The van der Waals surface area contributed by atoms with Crippen molar-refractivity contribution in [1.82, 2.24) is 10.4 Å². The number of hydrazone groups is 1. The first kappa shape index (κ1) is 22.2. The van der Waals surface area contributed by atoms with Crippen LogP contribution in [0.1, 0.15) is 67.9 Å². The number of benzene rings is 2. The number of hydrogen-bond acceptors (Lipinski definition) is 3. The van der Waals surface area contributed by atoms with Gasteiger partial charge in [-0.1, -0.05) is 51.1 Å². The number of aromatic nitrogens is 1. The number of carbonyl (C=O) groups is 1. The van der Waals surface area contributed by atoms with Gasteiger partial charge in [-0.2, -0.15) is 5.10 Å². The molecule has 3 aromatic rings. The summed E-state index contributed by atoms with van der Waals surface area (Å²) < 4.78 is 0. The van der Waals surface area contributed by atoms with Gasteiger partial charge in [0.05, 0.1) is 16.8 Å². The highest BCUT2D eigenvalue weighted by molar-refractivity contribution is 6.07. The highest BCUT2D eigenvalue weighted by Crippen LogP contribution is 2.36. The smallest absolute Gasteiger partial charge is 0.267 e. The molecule has 4 heteroatoms. The van der Waals surface area contributed by atoms with Gasteiger partial charge < -0.3 is 0 Å². The van der Waals surface area contributed by atoms with Crippen molar-refractivity contribution in [1.29, 1.82) is 0 Å². The summed E-state index contributed by atoms with van der Waals surface area (Å²) in [4.78, 5) is 18.0. The van der Waals surface area contributed by atoms with Crippen molar-refractivity contribution in [3.8, 4) is 11.3 Å². The van der Waals surface area contributed by atoms with Gasteiger partial charge >= 0.3 is 0 Å². The van der Waals surface area contributed by atoms with Gasteiger partial charge in [0.25, 0.3) is 5.91 Å². The molecule has 0 saturated heterocycles. The molecule has 1 amide bonds. The van der Waals surface area contributed by atoms with Crippen LogP contribution in [-0.4, -0.2) is 16.6 Å². The summed E-state index contributed by atoms with van der Waals surface area (Å²) in [6, 6.07) is 16.0. The quantitative estimate of drug-likeness (QED) is 0.465. The second-order valence-corrected chi connectivity index (χ2v) is 10.1. The maximum atomic E-state index is 13.2. The van der Waals surface area contributed by atoms with Crippen LogP contribution >= 0.6 is 0 Å². The van der Waals surface area contributed by atoms with E-state index in [4.69, 9.17) is 4.98 Å². The van der Waals surface area contributed by atoms with Crippen LogP contribution in [0, 0.1) is 25.2 Å². The van der Waals surface area contributed by atoms with E-state index in [2.05, 4.69) is 63.3 Å². The lowest BCUT2D eigenvalue weighted by Crippen LogP contribution is -2.27. The maximum absolute atomic E-state index is 13.2. The van der Waals surface area contributed by atoms with Crippen LogP contribution in [-0.2, 0) is 0 Å². The van der Waals surface area contributed by atoms with E-state index in [9.17, 15) is 4.79 Å². The molecule has 4 nitrogen and oxygen atoms in total. The molecule has 1 aromatic heterocycles. The van der Waals surface area contributed by atoms with Crippen LogP contribution in [0.2, 0.25) is 0 Å². The summed E-state index contributed by atoms with van der Waals surface area (Å²) in [5, 5.41) is 5.35. The molecule has 0 aliphatic heterocycles. The Morgan fingerprint density at radius 3 is 2.41 bits per heavy atom. The Kier molecular flexibility index (Phi) is 6.14. The van der Waals surface area contributed by atoms with E-state index in [0.29, 0.717) is 16.9 Å². The molecule has 1 heterocycles. The summed E-state index contributed by atoms with van der Waals surface area (Å²) >= 11 is 0. The van der Waals surface area contributed by atoms with E-state index in [-0.39, 0.29) is 5.91 Å². The predicted octanol–water partition coefficient (Wildman–Crippen LogP) is 6.84. The number of hydrogen-bond donors (Lipinski definition) is 1. The third-order valence-corrected chi connectivity index (χ3v) is 6.87. The molecule has 0 atom stereocenters. The van der Waals surface area contributed by atoms with Crippen molar-refractivity contribution in [2.45, 2.75) is 60.3 Å². The van der Waals surface area contributed by atoms with Crippen molar-refractivity contribution < 1.29 is 4.79 Å². The number of fused-ring (bicyclic) bond motifs is 1. The number of para-hydroxylation sites is 1. The number of nitrogens with zero attached hydrogens (tertiary/aromatic N) is 2. The van der Waals surface area contributed by atoms with Gasteiger partial charge in [0.2, 0.25) is 0 Å². The normalized spacial score (nSPS) is 16.8. The SMILES string of the molecule is Cc1ccc(-c2cc(C(=O)NN=C3CCC(C(C)(C)C)CC3)c3ccccc3n2)cc1C. The van der Waals surface area contributed by atoms with E-state index < -0.39 is 0 Å². The third-order valence-electron chi connectivity index (χ3n) is 6.87. The zero-order valence-corrected chi connectivity index (χ0v) is 19.8. The Morgan fingerprint density at radius 1 is 1.00 bits per heavy atom. The van der Waals surface area contributed by atoms with Gasteiger partial charge in [0.15, 0.2) is 0 Å². The average molecular weight is 428 g/mol. The molecular weight excluding hydrogens is 394 g/mol. The zero-order chi connectivity index (χ0) is 22.9. The monoisotopic (exact) mass is 427 g/mol. The largest absolute Gasteiger partial charge is 0.272 e. The van der Waals surface area contributed by atoms with E-state index in [1.807, 2.05) is 30.3 Å². The molecule has 0 radical (unpaired) electrons. The molecule has 1 aliphatic rings. The fraction of sp³-hybridized carbons (Fsp3) is 0.393. The number of carbonyl (C=O) groups excluding carboxylic acids is 1. The summed E-state index contributed by atoms with van der Waals surface area (Å²) in [5.74, 6) is 0.529. The number of rotatable bonds is 3. The Bertz CT molecular complexity index is 1180. The summed E-state index contributed by atoms with van der Waals surface area (Å²) in [5.41, 5.74) is 9.94. The summed E-state index contributed by atoms with van der Waals surface area (Å²) in [6.45, 7) is 11.1. The van der Waals surface area contributed by atoms with E-state index in [1.54, 1.807) is 0 Å². The fourth-order valence-electron chi connectivity index (χ4n) is 4.53. The molecule has 0 unspecified atom stereocenters. The first-order chi connectivity index (χ1) is 15.2. The standard InChI is InChI=1S/C28H33N3O/c1-18-10-11-20(16-19(18)2)26-17-24(23-8-6-7-9-25(23)29-26)27(32)31-30-22-14-12-21(13-15-22)28(3,4)5/h6-11,16-17,21H,12-15H2,1-5H3,(H,31,32). The lowest BCUT2D eigenvalue weighted by atomic mass is 9.72. The highest BCUT2D eigenvalue weighted by atomic mass is 16.2. The van der Waals surface area contributed by atoms with Crippen LogP contribution in [0.4, 0.5) is 0 Å². The second kappa shape index (κ2) is 8.85. The molecule has 1 saturated carbocycles. The van der Waals surface area contributed by atoms with Gasteiger partial charge in [-0.15, -0.1) is 0 Å². The van der Waals surface area contributed by atoms with E-state index in [1.165, 1.54) is 11.1 Å². The summed E-state index contributed by atoms with van der Waals surface area (Å²) in [6.07, 6.45) is 4.17. The lowest BCUT2D eigenvalue weighted by molar-refractivity contribution is 0.0956. The molecule has 1 aliphatic carbocycles. The van der Waals surface area contributed by atoms with Gasteiger partial charge in [0.1, 0.15) is 0 Å². The number of amides is 1. The molecule has 1 fully saturated rings. The molecule has 32 heavy (non-hydrogen) atoms. The number of pyridine rings is 1. The third kappa shape index (κ3) is 4.74. The van der Waals surface area contributed by atoms with Gasteiger partial charge in [0, 0.05) is 16.7 Å².